The van der Waals surface area contributed by atoms with Gasteiger partial charge in [-0.1, -0.05) is 0 Å². The lowest BCUT2D eigenvalue weighted by Gasteiger charge is -2.45. The van der Waals surface area contributed by atoms with Crippen LogP contribution in [0.2, 0.25) is 5.28 Å². The van der Waals surface area contributed by atoms with Gasteiger partial charge in [-0.15, -0.1) is 0 Å². The number of esters is 3. The SMILES string of the molecule is CCn1c(=O)c2c(nc(Cl)n2C2OC(COC(C)=O)C(OC(C)=O)C(OC(C)=O)C2NC(C)=O)n(CC)c1=O. The smallest absolute Gasteiger partial charge is 0.332 e. The van der Waals surface area contributed by atoms with Crippen molar-refractivity contribution < 1.29 is 38.1 Å². The van der Waals surface area contributed by atoms with E-state index < -0.39 is 72.3 Å². The van der Waals surface area contributed by atoms with E-state index in [0.717, 1.165) is 25.3 Å². The third kappa shape index (κ3) is 5.98. The molecular weight excluding hydrogens is 542 g/mol. The highest BCUT2D eigenvalue weighted by molar-refractivity contribution is 6.29. The van der Waals surface area contributed by atoms with Crippen molar-refractivity contribution >= 4 is 46.6 Å². The van der Waals surface area contributed by atoms with Gasteiger partial charge in [0, 0.05) is 40.8 Å². The Bertz CT molecular complexity index is 1410. The number of halogens is 1. The number of carbonyl (C=O) groups is 4. The number of hydrogen-bond donors (Lipinski definition) is 1. The van der Waals surface area contributed by atoms with Gasteiger partial charge < -0.3 is 24.3 Å². The summed E-state index contributed by atoms with van der Waals surface area (Å²) in [6.07, 6.45) is -5.36. The number of aromatic nitrogens is 4. The van der Waals surface area contributed by atoms with Crippen molar-refractivity contribution in [2.24, 2.45) is 0 Å². The van der Waals surface area contributed by atoms with Crippen LogP contribution in [0, 0.1) is 0 Å². The Morgan fingerprint density at radius 3 is 2.05 bits per heavy atom. The maximum Gasteiger partial charge on any atom is 0.332 e. The zero-order chi connectivity index (χ0) is 29.2. The van der Waals surface area contributed by atoms with Gasteiger partial charge in [-0.2, -0.15) is 4.98 Å². The first-order valence-corrected chi connectivity index (χ1v) is 12.5. The third-order valence-electron chi connectivity index (χ3n) is 5.99. The highest BCUT2D eigenvalue weighted by Gasteiger charge is 2.52. The zero-order valence-electron chi connectivity index (χ0n) is 22.3. The molecule has 1 aliphatic heterocycles. The van der Waals surface area contributed by atoms with Crippen molar-refractivity contribution in [2.75, 3.05) is 6.61 Å². The molecule has 0 bridgehead atoms. The molecule has 0 saturated carbocycles. The lowest BCUT2D eigenvalue weighted by atomic mass is 9.95. The van der Waals surface area contributed by atoms with E-state index in [1.807, 2.05) is 0 Å². The Balaban J connectivity index is 2.35. The summed E-state index contributed by atoms with van der Waals surface area (Å²) in [7, 11) is 0. The average molecular weight is 572 g/mol. The van der Waals surface area contributed by atoms with Gasteiger partial charge in [0.25, 0.3) is 5.56 Å². The number of fused-ring (bicyclic) bond motifs is 1. The van der Waals surface area contributed by atoms with Crippen molar-refractivity contribution in [1.29, 1.82) is 0 Å². The van der Waals surface area contributed by atoms with E-state index in [-0.39, 0.29) is 29.5 Å². The minimum atomic E-state index is -1.40. The molecule has 2 aromatic rings. The van der Waals surface area contributed by atoms with Gasteiger partial charge in [-0.25, -0.2) is 4.79 Å². The molecule has 15 nitrogen and oxygen atoms in total. The number of ether oxygens (including phenoxy) is 4. The molecule has 1 fully saturated rings. The predicted molar refractivity (Wildman–Crippen MR) is 134 cm³/mol. The van der Waals surface area contributed by atoms with E-state index in [2.05, 4.69) is 10.3 Å². The molecule has 3 heterocycles. The monoisotopic (exact) mass is 571 g/mol. The van der Waals surface area contributed by atoms with Gasteiger partial charge in [0.1, 0.15) is 18.8 Å². The zero-order valence-corrected chi connectivity index (χ0v) is 23.0. The first-order chi connectivity index (χ1) is 18.3. The summed E-state index contributed by atoms with van der Waals surface area (Å²) < 4.78 is 25.6. The Kier molecular flexibility index (Phi) is 9.17. The lowest BCUT2D eigenvalue weighted by Crippen LogP contribution is -2.64. The number of rotatable bonds is 8. The van der Waals surface area contributed by atoms with Crippen molar-refractivity contribution in [3.05, 3.63) is 26.1 Å². The molecule has 39 heavy (non-hydrogen) atoms. The number of hydrogen-bond acceptors (Lipinski definition) is 11. The van der Waals surface area contributed by atoms with Crippen LogP contribution in [0.25, 0.3) is 11.2 Å². The van der Waals surface area contributed by atoms with Crippen LogP contribution in [0.5, 0.6) is 0 Å². The molecule has 3 rings (SSSR count). The van der Waals surface area contributed by atoms with Gasteiger partial charge in [-0.3, -0.25) is 37.7 Å². The molecule has 0 aromatic carbocycles. The molecular formula is C23H30ClN5O10. The molecule has 0 aliphatic carbocycles. The lowest BCUT2D eigenvalue weighted by molar-refractivity contribution is -0.236. The number of amides is 1. The van der Waals surface area contributed by atoms with E-state index in [1.165, 1.54) is 16.1 Å². The molecule has 5 unspecified atom stereocenters. The van der Waals surface area contributed by atoms with Crippen molar-refractivity contribution in [3.8, 4) is 0 Å². The maximum absolute atomic E-state index is 13.5. The van der Waals surface area contributed by atoms with Crippen LogP contribution in [0.15, 0.2) is 9.59 Å². The second-order valence-electron chi connectivity index (χ2n) is 8.74. The first-order valence-electron chi connectivity index (χ1n) is 12.1. The summed E-state index contributed by atoms with van der Waals surface area (Å²) in [6.45, 7) is 7.62. The van der Waals surface area contributed by atoms with Gasteiger partial charge in [-0.05, 0) is 25.4 Å². The number of nitrogens with zero attached hydrogens (tertiary/aromatic N) is 4. The number of nitrogens with one attached hydrogen (secondary N) is 1. The summed E-state index contributed by atoms with van der Waals surface area (Å²) in [6, 6.07) is -1.28. The quantitative estimate of drug-likeness (QED) is 0.253. The van der Waals surface area contributed by atoms with Gasteiger partial charge in [0.15, 0.2) is 29.6 Å². The molecule has 0 radical (unpaired) electrons. The molecule has 214 valence electrons. The molecule has 2 aromatic heterocycles. The fourth-order valence-electron chi connectivity index (χ4n) is 4.56. The van der Waals surface area contributed by atoms with Crippen LogP contribution in [0.4, 0.5) is 0 Å². The second-order valence-corrected chi connectivity index (χ2v) is 9.08. The largest absolute Gasteiger partial charge is 0.463 e. The van der Waals surface area contributed by atoms with E-state index in [0.29, 0.717) is 0 Å². The van der Waals surface area contributed by atoms with E-state index in [1.54, 1.807) is 13.8 Å². The van der Waals surface area contributed by atoms with Crippen LogP contribution >= 0.6 is 11.6 Å². The maximum atomic E-state index is 13.5. The Labute approximate surface area is 226 Å². The number of imidazole rings is 1. The van der Waals surface area contributed by atoms with E-state index in [9.17, 15) is 28.8 Å². The molecule has 16 heteroatoms. The van der Waals surface area contributed by atoms with Gasteiger partial charge in [0.05, 0.1) is 0 Å². The first kappa shape index (κ1) is 29.8. The standard InChI is InChI=1S/C23H30ClN5O10/c1-7-27-19-16(20(34)28(8-2)23(27)35)29(22(24)26-19)21-15(25-10(3)30)18(38-13(6)33)17(37-12(5)32)14(39-21)9-36-11(4)31/h14-15,17-18,21H,7-9H2,1-6H3,(H,25,30). The Hall–Kier alpha value is -3.72. The third-order valence-corrected chi connectivity index (χ3v) is 6.26. The summed E-state index contributed by atoms with van der Waals surface area (Å²) >= 11 is 6.52. The topological polar surface area (TPSA) is 179 Å². The minimum Gasteiger partial charge on any atom is -0.463 e. The van der Waals surface area contributed by atoms with Gasteiger partial charge in [0.2, 0.25) is 11.2 Å². The van der Waals surface area contributed by atoms with E-state index in [4.69, 9.17) is 30.5 Å². The molecule has 1 N–H and O–H groups in total. The van der Waals surface area contributed by atoms with E-state index >= 15 is 0 Å². The van der Waals surface area contributed by atoms with Crippen LogP contribution in [-0.2, 0) is 51.2 Å². The van der Waals surface area contributed by atoms with Crippen molar-refractivity contribution in [1.82, 2.24) is 24.0 Å². The second kappa shape index (κ2) is 12.0. The number of aryl methyl sites for hydroxylation is 1. The number of carbonyl (C=O) groups excluding carboxylic acids is 4. The fraction of sp³-hybridized carbons (Fsp3) is 0.609. The van der Waals surface area contributed by atoms with Gasteiger partial charge >= 0.3 is 23.6 Å². The van der Waals surface area contributed by atoms with Crippen LogP contribution in [0.1, 0.15) is 47.8 Å². The van der Waals surface area contributed by atoms with Crippen molar-refractivity contribution in [3.63, 3.8) is 0 Å². The summed E-state index contributed by atoms with van der Waals surface area (Å²) in [5.74, 6) is -2.80. The Morgan fingerprint density at radius 2 is 1.54 bits per heavy atom. The predicted octanol–water partition coefficient (Wildman–Crippen LogP) is -0.118. The molecule has 5 atom stereocenters. The minimum absolute atomic E-state index is 0.0324. The summed E-state index contributed by atoms with van der Waals surface area (Å²) in [5.41, 5.74) is -1.48. The fourth-order valence-corrected chi connectivity index (χ4v) is 4.82. The summed E-state index contributed by atoms with van der Waals surface area (Å²) in [4.78, 5) is 78.6. The molecule has 1 aliphatic rings. The van der Waals surface area contributed by atoms with Crippen LogP contribution in [-0.4, -0.2) is 73.5 Å². The highest BCUT2D eigenvalue weighted by Crippen LogP contribution is 2.36. The molecule has 1 saturated heterocycles. The van der Waals surface area contributed by atoms with Crippen LogP contribution < -0.4 is 16.6 Å². The molecule has 0 spiro atoms. The molecule has 1 amide bonds. The normalized spacial score (nSPS) is 22.8. The Morgan fingerprint density at radius 1 is 0.949 bits per heavy atom. The summed E-state index contributed by atoms with van der Waals surface area (Å²) in [5, 5.41) is 2.34. The highest BCUT2D eigenvalue weighted by atomic mass is 35.5. The van der Waals surface area contributed by atoms with Crippen molar-refractivity contribution in [2.45, 2.75) is 85.2 Å². The average Bonchev–Trinajstić information content (AvgIpc) is 3.16. The van der Waals surface area contributed by atoms with Crippen LogP contribution in [0.3, 0.4) is 0 Å².